The van der Waals surface area contributed by atoms with Crippen molar-refractivity contribution in [2.45, 2.75) is 18.2 Å². The molecule has 0 aliphatic heterocycles. The number of nitrogens with zero attached hydrogens (tertiary/aromatic N) is 2. The summed E-state index contributed by atoms with van der Waals surface area (Å²) < 4.78 is 4.80. The van der Waals surface area contributed by atoms with Crippen LogP contribution in [0.3, 0.4) is 0 Å². The SMILES string of the molecule is CCOC(=O)/C=C/c1cnc(SC)nc1NCC(O)CO. The van der Waals surface area contributed by atoms with Gasteiger partial charge in [0.1, 0.15) is 5.82 Å². The van der Waals surface area contributed by atoms with Crippen LogP contribution in [0.15, 0.2) is 17.4 Å². The smallest absolute Gasteiger partial charge is 0.330 e. The summed E-state index contributed by atoms with van der Waals surface area (Å²) in [7, 11) is 0. The lowest BCUT2D eigenvalue weighted by Crippen LogP contribution is -2.23. The Morgan fingerprint density at radius 1 is 1.62 bits per heavy atom. The van der Waals surface area contributed by atoms with Crippen LogP contribution >= 0.6 is 11.8 Å². The van der Waals surface area contributed by atoms with Gasteiger partial charge in [-0.15, -0.1) is 0 Å². The Morgan fingerprint density at radius 3 is 3.00 bits per heavy atom. The minimum absolute atomic E-state index is 0.140. The van der Waals surface area contributed by atoms with E-state index in [4.69, 9.17) is 9.84 Å². The Kier molecular flexibility index (Phi) is 7.73. The molecule has 7 nitrogen and oxygen atoms in total. The van der Waals surface area contributed by atoms with E-state index < -0.39 is 12.1 Å². The zero-order chi connectivity index (χ0) is 15.7. The van der Waals surface area contributed by atoms with Gasteiger partial charge in [0, 0.05) is 24.4 Å². The Bertz CT molecular complexity index is 496. The number of hydrogen-bond donors (Lipinski definition) is 3. The number of carbonyl (C=O) groups excluding carboxylic acids is 1. The molecule has 21 heavy (non-hydrogen) atoms. The molecule has 0 spiro atoms. The number of rotatable bonds is 8. The van der Waals surface area contributed by atoms with Gasteiger partial charge in [-0.25, -0.2) is 14.8 Å². The summed E-state index contributed by atoms with van der Waals surface area (Å²) in [5.74, 6) is 0.0233. The standard InChI is InChI=1S/C13H19N3O4S/c1-3-20-11(19)5-4-9-6-15-13(21-2)16-12(9)14-7-10(18)8-17/h4-6,10,17-18H,3,7-8H2,1-2H3,(H,14,15,16)/b5-4+. The minimum atomic E-state index is -0.889. The molecule has 0 amide bonds. The van der Waals surface area contributed by atoms with Crippen molar-refractivity contribution in [2.75, 3.05) is 31.3 Å². The van der Waals surface area contributed by atoms with Crippen LogP contribution in [0.25, 0.3) is 6.08 Å². The Hall–Kier alpha value is -1.64. The first-order valence-electron chi connectivity index (χ1n) is 6.39. The number of ether oxygens (including phenoxy) is 1. The molecule has 1 aromatic heterocycles. The lowest BCUT2D eigenvalue weighted by Gasteiger charge is -2.12. The zero-order valence-corrected chi connectivity index (χ0v) is 12.8. The van der Waals surface area contributed by atoms with Gasteiger partial charge in [0.15, 0.2) is 5.16 Å². The minimum Gasteiger partial charge on any atom is -0.463 e. The molecule has 0 aliphatic rings. The molecule has 1 rings (SSSR count). The van der Waals surface area contributed by atoms with Crippen LogP contribution in [0.5, 0.6) is 0 Å². The van der Waals surface area contributed by atoms with E-state index in [0.717, 1.165) is 0 Å². The molecule has 0 saturated carbocycles. The van der Waals surface area contributed by atoms with Crippen LogP contribution in [-0.2, 0) is 9.53 Å². The fourth-order valence-corrected chi connectivity index (χ4v) is 1.70. The Balaban J connectivity index is 2.88. The van der Waals surface area contributed by atoms with E-state index >= 15 is 0 Å². The number of aromatic nitrogens is 2. The van der Waals surface area contributed by atoms with Crippen LogP contribution < -0.4 is 5.32 Å². The van der Waals surface area contributed by atoms with Gasteiger partial charge in [-0.3, -0.25) is 0 Å². The van der Waals surface area contributed by atoms with E-state index in [1.165, 1.54) is 23.9 Å². The summed E-state index contributed by atoms with van der Waals surface area (Å²) in [4.78, 5) is 19.7. The van der Waals surface area contributed by atoms with E-state index in [-0.39, 0.29) is 13.2 Å². The van der Waals surface area contributed by atoms with Gasteiger partial charge in [-0.1, -0.05) is 11.8 Å². The molecule has 1 heterocycles. The maximum atomic E-state index is 11.3. The molecule has 116 valence electrons. The van der Waals surface area contributed by atoms with Gasteiger partial charge in [-0.05, 0) is 19.3 Å². The van der Waals surface area contributed by atoms with Crippen LogP contribution in [0, 0.1) is 0 Å². The van der Waals surface area contributed by atoms with E-state index in [1.54, 1.807) is 13.1 Å². The quantitative estimate of drug-likeness (QED) is 0.276. The third-order valence-electron chi connectivity index (χ3n) is 2.38. The lowest BCUT2D eigenvalue weighted by molar-refractivity contribution is -0.137. The molecule has 8 heteroatoms. The third kappa shape index (κ3) is 6.11. The number of nitrogens with one attached hydrogen (secondary N) is 1. The molecule has 0 saturated heterocycles. The molecule has 0 bridgehead atoms. The Labute approximate surface area is 127 Å². The van der Waals surface area contributed by atoms with Crippen LogP contribution in [0.4, 0.5) is 5.82 Å². The highest BCUT2D eigenvalue weighted by molar-refractivity contribution is 7.98. The lowest BCUT2D eigenvalue weighted by atomic mass is 10.2. The predicted molar refractivity (Wildman–Crippen MR) is 81.1 cm³/mol. The summed E-state index contributed by atoms with van der Waals surface area (Å²) in [5.41, 5.74) is 0.589. The van der Waals surface area contributed by atoms with Crippen LogP contribution in [0.1, 0.15) is 12.5 Å². The monoisotopic (exact) mass is 313 g/mol. The average molecular weight is 313 g/mol. The molecule has 1 unspecified atom stereocenters. The molecule has 1 aromatic rings. The van der Waals surface area contributed by atoms with Gasteiger partial charge in [0.2, 0.25) is 0 Å². The number of hydrogen-bond acceptors (Lipinski definition) is 8. The van der Waals surface area contributed by atoms with Crippen LogP contribution in [-0.4, -0.2) is 58.3 Å². The number of aliphatic hydroxyl groups is 2. The van der Waals surface area contributed by atoms with Crippen LogP contribution in [0.2, 0.25) is 0 Å². The summed E-state index contributed by atoms with van der Waals surface area (Å²) >= 11 is 1.37. The van der Waals surface area contributed by atoms with Crippen molar-refractivity contribution in [2.24, 2.45) is 0 Å². The molecule has 1 atom stereocenters. The van der Waals surface area contributed by atoms with Crippen molar-refractivity contribution in [1.29, 1.82) is 0 Å². The second-order valence-corrected chi connectivity index (χ2v) is 4.74. The number of carbonyl (C=O) groups is 1. The van der Waals surface area contributed by atoms with Crippen molar-refractivity contribution < 1.29 is 19.7 Å². The second-order valence-electron chi connectivity index (χ2n) is 3.96. The number of aliphatic hydroxyl groups excluding tert-OH is 2. The molecular formula is C13H19N3O4S. The highest BCUT2D eigenvalue weighted by Crippen LogP contribution is 2.18. The van der Waals surface area contributed by atoms with Crippen molar-refractivity contribution >= 4 is 29.6 Å². The first-order chi connectivity index (χ1) is 10.1. The van der Waals surface area contributed by atoms with Gasteiger partial charge >= 0.3 is 5.97 Å². The first kappa shape index (κ1) is 17.4. The van der Waals surface area contributed by atoms with E-state index in [9.17, 15) is 9.90 Å². The van der Waals surface area contributed by atoms with Crippen molar-refractivity contribution in [1.82, 2.24) is 9.97 Å². The molecule has 0 fully saturated rings. The normalized spacial score (nSPS) is 12.4. The summed E-state index contributed by atoms with van der Waals surface area (Å²) in [6, 6.07) is 0. The summed E-state index contributed by atoms with van der Waals surface area (Å²) in [6.07, 6.45) is 5.35. The topological polar surface area (TPSA) is 105 Å². The molecule has 3 N–H and O–H groups in total. The summed E-state index contributed by atoms with van der Waals surface area (Å²) in [5, 5.41) is 21.7. The van der Waals surface area contributed by atoms with Gasteiger partial charge in [0.05, 0.1) is 19.3 Å². The highest BCUT2D eigenvalue weighted by Gasteiger charge is 2.08. The Morgan fingerprint density at radius 2 is 2.38 bits per heavy atom. The number of anilines is 1. The second kappa shape index (κ2) is 9.32. The predicted octanol–water partition coefficient (Wildman–Crippen LogP) is 0.540. The van der Waals surface area contributed by atoms with Gasteiger partial charge in [-0.2, -0.15) is 0 Å². The highest BCUT2D eigenvalue weighted by atomic mass is 32.2. The van der Waals surface area contributed by atoms with Crippen molar-refractivity contribution in [3.8, 4) is 0 Å². The van der Waals surface area contributed by atoms with E-state index in [2.05, 4.69) is 15.3 Å². The maximum Gasteiger partial charge on any atom is 0.330 e. The largest absolute Gasteiger partial charge is 0.463 e. The third-order valence-corrected chi connectivity index (χ3v) is 2.94. The maximum absolute atomic E-state index is 11.3. The van der Waals surface area contributed by atoms with Crippen molar-refractivity contribution in [3.05, 3.63) is 17.8 Å². The number of thioether (sulfide) groups is 1. The molecule has 0 aliphatic carbocycles. The fourth-order valence-electron chi connectivity index (χ4n) is 1.36. The zero-order valence-electron chi connectivity index (χ0n) is 11.9. The average Bonchev–Trinajstić information content (AvgIpc) is 2.51. The number of esters is 1. The van der Waals surface area contributed by atoms with Gasteiger partial charge in [0.25, 0.3) is 0 Å². The van der Waals surface area contributed by atoms with E-state index in [0.29, 0.717) is 23.1 Å². The van der Waals surface area contributed by atoms with E-state index in [1.807, 2.05) is 6.26 Å². The molecule has 0 radical (unpaired) electrons. The molecular weight excluding hydrogens is 294 g/mol. The van der Waals surface area contributed by atoms with Gasteiger partial charge < -0.3 is 20.3 Å². The molecule has 0 aromatic carbocycles. The summed E-state index contributed by atoms with van der Waals surface area (Å²) in [6.45, 7) is 1.83. The fraction of sp³-hybridized carbons (Fsp3) is 0.462. The first-order valence-corrected chi connectivity index (χ1v) is 7.61. The van der Waals surface area contributed by atoms with Crippen molar-refractivity contribution in [3.63, 3.8) is 0 Å².